The van der Waals surface area contributed by atoms with Gasteiger partial charge in [-0.3, -0.25) is 6.08 Å². The summed E-state index contributed by atoms with van der Waals surface area (Å²) in [6.45, 7) is 5.65. The van der Waals surface area contributed by atoms with Crippen molar-refractivity contribution in [2.24, 2.45) is 0 Å². The monoisotopic (exact) mass is 239 g/mol. The summed E-state index contributed by atoms with van der Waals surface area (Å²) in [7, 11) is -1.61. The molecule has 1 rings (SSSR count). The molecule has 0 unspecified atom stereocenters. The van der Waals surface area contributed by atoms with Gasteiger partial charge in [-0.25, -0.2) is 12.2 Å². The van der Waals surface area contributed by atoms with E-state index in [9.17, 15) is 0 Å². The molecule has 12 heavy (non-hydrogen) atoms. The molecule has 0 radical (unpaired) electrons. The van der Waals surface area contributed by atoms with Crippen LogP contribution in [0.15, 0.2) is 18.2 Å². The van der Waals surface area contributed by atoms with E-state index in [1.54, 1.807) is 0 Å². The predicted octanol–water partition coefficient (Wildman–Crippen LogP) is 2.54. The van der Waals surface area contributed by atoms with Crippen LogP contribution in [-0.4, -0.2) is 13.1 Å². The Morgan fingerprint density at radius 1 is 1.33 bits per heavy atom. The molecule has 70 valence electrons. The zero-order valence-electron chi connectivity index (χ0n) is 7.79. The quantitative estimate of drug-likeness (QED) is 0.509. The summed E-state index contributed by atoms with van der Waals surface area (Å²) in [5.41, 5.74) is 0. The van der Waals surface area contributed by atoms with Gasteiger partial charge in [0.25, 0.3) is 0 Å². The van der Waals surface area contributed by atoms with Crippen molar-refractivity contribution in [3.63, 3.8) is 0 Å². The van der Waals surface area contributed by atoms with Crippen molar-refractivity contribution in [2.75, 3.05) is 0 Å². The van der Waals surface area contributed by atoms with Crippen LogP contribution in [0, 0.1) is 6.08 Å². The fraction of sp³-hybridized carbons (Fsp3) is 0.500. The van der Waals surface area contributed by atoms with Crippen molar-refractivity contribution in [3.05, 3.63) is 24.3 Å². The van der Waals surface area contributed by atoms with Gasteiger partial charge in [0.1, 0.15) is 0 Å². The van der Waals surface area contributed by atoms with E-state index < -0.39 is 8.32 Å². The maximum absolute atomic E-state index is 8.66. The fourth-order valence-corrected chi connectivity index (χ4v) is 0.340. The van der Waals surface area contributed by atoms with Crippen molar-refractivity contribution in [3.8, 4) is 0 Å². The van der Waals surface area contributed by atoms with Crippen LogP contribution in [0.4, 0.5) is 0 Å². The molecule has 0 aromatic rings. The van der Waals surface area contributed by atoms with Crippen LogP contribution in [0.3, 0.4) is 0 Å². The molecule has 4 heteroatoms. The first-order valence-electron chi connectivity index (χ1n) is 3.44. The smallest absolute Gasteiger partial charge is 0.179 e. The Morgan fingerprint density at radius 2 is 1.75 bits per heavy atom. The average molecular weight is 240 g/mol. The van der Waals surface area contributed by atoms with Crippen molar-refractivity contribution in [1.82, 2.24) is 0 Å². The average Bonchev–Trinajstić information content (AvgIpc) is 2.07. The summed E-state index contributed by atoms with van der Waals surface area (Å²) in [6.07, 6.45) is 10.0. The van der Waals surface area contributed by atoms with Crippen molar-refractivity contribution in [2.45, 2.75) is 26.1 Å². The Bertz CT molecular complexity index is 124. The van der Waals surface area contributed by atoms with E-state index in [4.69, 9.17) is 4.80 Å². The summed E-state index contributed by atoms with van der Waals surface area (Å²) in [5, 5.41) is 0. The zero-order valence-corrected chi connectivity index (χ0v) is 11.2. The number of allylic oxidation sites excluding steroid dienone is 4. The van der Waals surface area contributed by atoms with Crippen molar-refractivity contribution >= 4 is 20.7 Å². The number of hydrogen-bond acceptors (Lipinski definition) is 1. The van der Waals surface area contributed by atoms with Gasteiger partial charge >= 0.3 is 0 Å². The molecule has 0 bridgehead atoms. The second-order valence-electron chi connectivity index (χ2n) is 3.17. The van der Waals surface area contributed by atoms with E-state index in [1.165, 1.54) is 0 Å². The van der Waals surface area contributed by atoms with Crippen molar-refractivity contribution < 1.29 is 26.5 Å². The van der Waals surface area contributed by atoms with Gasteiger partial charge < -0.3 is 4.80 Å². The third kappa shape index (κ3) is 31.0. The maximum atomic E-state index is 8.66. The SMILES string of the molecule is C[Si](C)(C)O.Cl.[C-]1=CC=CC1.[Ti]. The Labute approximate surface area is 97.4 Å². The molecule has 0 heterocycles. The van der Waals surface area contributed by atoms with Crippen LogP contribution in [-0.2, 0) is 21.7 Å². The first-order valence-corrected chi connectivity index (χ1v) is 6.89. The summed E-state index contributed by atoms with van der Waals surface area (Å²) >= 11 is 0. The van der Waals surface area contributed by atoms with Gasteiger partial charge in [0.15, 0.2) is 8.32 Å². The zero-order chi connectivity index (χ0) is 8.04. The number of halogens is 1. The summed E-state index contributed by atoms with van der Waals surface area (Å²) in [6, 6.07) is 0. The van der Waals surface area contributed by atoms with Gasteiger partial charge in [-0.15, -0.1) is 18.8 Å². The van der Waals surface area contributed by atoms with Gasteiger partial charge in [0.2, 0.25) is 0 Å². The largest absolute Gasteiger partial charge is 0.433 e. The third-order valence-corrected chi connectivity index (χ3v) is 0.586. The van der Waals surface area contributed by atoms with Crippen LogP contribution in [0.1, 0.15) is 6.42 Å². The van der Waals surface area contributed by atoms with E-state index in [1.807, 2.05) is 31.8 Å². The van der Waals surface area contributed by atoms with Crippen LogP contribution in [0.5, 0.6) is 0 Å². The first-order chi connectivity index (χ1) is 4.50. The number of rotatable bonds is 0. The van der Waals surface area contributed by atoms with Gasteiger partial charge in [-0.2, -0.15) is 6.08 Å². The van der Waals surface area contributed by atoms with Crippen molar-refractivity contribution in [1.29, 1.82) is 0 Å². The topological polar surface area (TPSA) is 20.2 Å². The van der Waals surface area contributed by atoms with Crippen LogP contribution in [0.25, 0.3) is 0 Å². The van der Waals surface area contributed by atoms with E-state index in [0.29, 0.717) is 0 Å². The Hall–Kier alpha value is 0.661. The minimum Gasteiger partial charge on any atom is -0.433 e. The van der Waals surface area contributed by atoms with Gasteiger partial charge in [-0.05, 0) is 19.6 Å². The van der Waals surface area contributed by atoms with Gasteiger partial charge in [-0.1, -0.05) is 0 Å². The Kier molecular flexibility index (Phi) is 15.0. The molecule has 0 fully saturated rings. The third-order valence-electron chi connectivity index (χ3n) is 0.586. The first kappa shape index (κ1) is 18.4. The summed E-state index contributed by atoms with van der Waals surface area (Å²) < 4.78 is 0. The molecule has 0 aromatic carbocycles. The molecule has 1 nitrogen and oxygen atoms in total. The van der Waals surface area contributed by atoms with E-state index >= 15 is 0 Å². The van der Waals surface area contributed by atoms with E-state index in [0.717, 1.165) is 6.42 Å². The molecule has 1 N–H and O–H groups in total. The fourth-order valence-electron chi connectivity index (χ4n) is 0.340. The second-order valence-corrected chi connectivity index (χ2v) is 7.52. The maximum Gasteiger partial charge on any atom is 0.179 e. The molecular formula is C8H16ClOSiTi-. The standard InChI is InChI=1S/C5H5.C3H10OSi.ClH.Ti/c1-2-4-5-3-1;1-5(2,3)4;;/h1-3H,4H2;4H,1-3H3;1H;/q-1;;;. The molecule has 0 saturated heterocycles. The Balaban J connectivity index is -0.000000116. The molecular weight excluding hydrogens is 223 g/mol. The molecule has 0 amide bonds. The molecule has 0 aromatic heterocycles. The second kappa shape index (κ2) is 9.75. The van der Waals surface area contributed by atoms with Crippen LogP contribution in [0.2, 0.25) is 19.6 Å². The van der Waals surface area contributed by atoms with Gasteiger partial charge in [0.05, 0.1) is 0 Å². The van der Waals surface area contributed by atoms with Crippen LogP contribution >= 0.6 is 12.4 Å². The van der Waals surface area contributed by atoms with Crippen LogP contribution < -0.4 is 0 Å². The molecule has 1 aliphatic rings. The minimum atomic E-state index is -1.61. The van der Waals surface area contributed by atoms with E-state index in [2.05, 4.69) is 12.2 Å². The van der Waals surface area contributed by atoms with E-state index in [-0.39, 0.29) is 34.1 Å². The Morgan fingerprint density at radius 3 is 1.83 bits per heavy atom. The molecule has 0 saturated carbocycles. The molecule has 0 spiro atoms. The molecule has 0 atom stereocenters. The minimum absolute atomic E-state index is 0. The molecule has 1 aliphatic carbocycles. The summed E-state index contributed by atoms with van der Waals surface area (Å²) in [5.74, 6) is 0. The molecule has 0 aliphatic heterocycles. The predicted molar refractivity (Wildman–Crippen MR) is 54.4 cm³/mol. The normalized spacial score (nSPS) is 12.3. The number of hydrogen-bond donors (Lipinski definition) is 1. The summed E-state index contributed by atoms with van der Waals surface area (Å²) in [4.78, 5) is 8.66. The van der Waals surface area contributed by atoms with Gasteiger partial charge in [0, 0.05) is 21.7 Å².